The Balaban J connectivity index is 2.62. The van der Waals surface area contributed by atoms with E-state index in [1.165, 1.54) is 31.2 Å². The molecule has 0 bridgehead atoms. The largest absolute Gasteiger partial charge is 0.487 e. The first-order chi connectivity index (χ1) is 7.83. The number of alkyl halides is 4. The first kappa shape index (κ1) is 13.5. The van der Waals surface area contributed by atoms with E-state index < -0.39 is 19.0 Å². The van der Waals surface area contributed by atoms with Crippen LogP contribution in [0.4, 0.5) is 17.6 Å². The molecular formula is C11H10F4O2. The Morgan fingerprint density at radius 3 is 2.24 bits per heavy atom. The first-order valence-electron chi connectivity index (χ1n) is 4.72. The van der Waals surface area contributed by atoms with Crippen LogP contribution in [0.15, 0.2) is 24.3 Å². The van der Waals surface area contributed by atoms with Crippen LogP contribution < -0.4 is 4.74 Å². The van der Waals surface area contributed by atoms with Crippen molar-refractivity contribution in [2.45, 2.75) is 19.3 Å². The van der Waals surface area contributed by atoms with Gasteiger partial charge in [0, 0.05) is 5.56 Å². The van der Waals surface area contributed by atoms with Gasteiger partial charge >= 0.3 is 12.3 Å². The molecule has 0 spiro atoms. The monoisotopic (exact) mass is 250 g/mol. The molecule has 0 saturated heterocycles. The van der Waals surface area contributed by atoms with Gasteiger partial charge in [-0.3, -0.25) is 4.79 Å². The number of ketones is 1. The molecular weight excluding hydrogens is 240 g/mol. The zero-order valence-electron chi connectivity index (χ0n) is 8.92. The van der Waals surface area contributed by atoms with E-state index in [0.717, 1.165) is 0 Å². The normalized spacial score (nSPS) is 11.6. The van der Waals surface area contributed by atoms with Crippen LogP contribution in [0.1, 0.15) is 17.3 Å². The molecule has 1 aromatic rings. The van der Waals surface area contributed by atoms with Gasteiger partial charge in [0.2, 0.25) is 0 Å². The molecule has 0 amide bonds. The molecule has 94 valence electrons. The average Bonchev–Trinajstić information content (AvgIpc) is 2.27. The van der Waals surface area contributed by atoms with Gasteiger partial charge < -0.3 is 4.74 Å². The van der Waals surface area contributed by atoms with Crippen LogP contribution in [0.2, 0.25) is 0 Å². The fourth-order valence-electron chi connectivity index (χ4n) is 1.03. The lowest BCUT2D eigenvalue weighted by Gasteiger charge is -2.15. The van der Waals surface area contributed by atoms with Crippen LogP contribution in [0.25, 0.3) is 0 Å². The van der Waals surface area contributed by atoms with Gasteiger partial charge in [-0.25, -0.2) is 8.78 Å². The molecule has 0 N–H and O–H groups in total. The van der Waals surface area contributed by atoms with Gasteiger partial charge in [0.05, 0.1) is 0 Å². The second-order valence-corrected chi connectivity index (χ2v) is 3.43. The van der Waals surface area contributed by atoms with Crippen molar-refractivity contribution < 1.29 is 27.1 Å². The van der Waals surface area contributed by atoms with Crippen LogP contribution >= 0.6 is 0 Å². The standard InChI is InChI=1S/C11H10F4O2/c1-7(16)8-2-4-9(5-3-8)17-6-11(14,15)10(12)13/h2-5,10H,6H2,1H3. The number of benzene rings is 1. The van der Waals surface area contributed by atoms with Crippen molar-refractivity contribution in [3.05, 3.63) is 29.8 Å². The number of carbonyl (C=O) groups excluding carboxylic acids is 1. The van der Waals surface area contributed by atoms with Crippen LogP contribution in [-0.2, 0) is 0 Å². The molecule has 0 aliphatic carbocycles. The number of hydrogen-bond donors (Lipinski definition) is 0. The quantitative estimate of drug-likeness (QED) is 0.592. The predicted octanol–water partition coefficient (Wildman–Crippen LogP) is 3.17. The Kier molecular flexibility index (Phi) is 4.09. The maximum Gasteiger partial charge on any atom is 0.340 e. The summed E-state index contributed by atoms with van der Waals surface area (Å²) in [5.41, 5.74) is 0.387. The number of halogens is 4. The van der Waals surface area contributed by atoms with Crippen molar-refractivity contribution in [2.75, 3.05) is 6.61 Å². The maximum atomic E-state index is 12.5. The Hall–Kier alpha value is -1.59. The summed E-state index contributed by atoms with van der Waals surface area (Å²) < 4.78 is 53.2. The predicted molar refractivity (Wildman–Crippen MR) is 52.9 cm³/mol. The van der Waals surface area contributed by atoms with Crippen molar-refractivity contribution in [1.29, 1.82) is 0 Å². The number of hydrogen-bond acceptors (Lipinski definition) is 2. The third-order valence-corrected chi connectivity index (χ3v) is 2.01. The number of carbonyl (C=O) groups is 1. The fourth-order valence-corrected chi connectivity index (χ4v) is 1.03. The zero-order chi connectivity index (χ0) is 13.1. The lowest BCUT2D eigenvalue weighted by Crippen LogP contribution is -2.33. The summed E-state index contributed by atoms with van der Waals surface area (Å²) in [4.78, 5) is 10.9. The summed E-state index contributed by atoms with van der Waals surface area (Å²) in [5, 5.41) is 0. The Morgan fingerprint density at radius 2 is 1.82 bits per heavy atom. The molecule has 17 heavy (non-hydrogen) atoms. The van der Waals surface area contributed by atoms with E-state index in [2.05, 4.69) is 4.74 Å². The summed E-state index contributed by atoms with van der Waals surface area (Å²) in [7, 11) is 0. The van der Waals surface area contributed by atoms with Gasteiger partial charge in [-0.15, -0.1) is 0 Å². The lowest BCUT2D eigenvalue weighted by molar-refractivity contribution is -0.148. The summed E-state index contributed by atoms with van der Waals surface area (Å²) >= 11 is 0. The molecule has 1 rings (SSSR count). The molecule has 0 atom stereocenters. The van der Waals surface area contributed by atoms with E-state index in [-0.39, 0.29) is 11.5 Å². The van der Waals surface area contributed by atoms with E-state index in [0.29, 0.717) is 5.56 Å². The first-order valence-corrected chi connectivity index (χ1v) is 4.72. The molecule has 0 radical (unpaired) electrons. The van der Waals surface area contributed by atoms with Gasteiger partial charge in [0.1, 0.15) is 5.75 Å². The highest BCUT2D eigenvalue weighted by molar-refractivity contribution is 5.94. The smallest absolute Gasteiger partial charge is 0.340 e. The van der Waals surface area contributed by atoms with Gasteiger partial charge in [0.15, 0.2) is 12.4 Å². The van der Waals surface area contributed by atoms with Crippen molar-refractivity contribution in [3.63, 3.8) is 0 Å². The van der Waals surface area contributed by atoms with Crippen molar-refractivity contribution in [3.8, 4) is 5.75 Å². The minimum Gasteiger partial charge on any atom is -0.487 e. The van der Waals surface area contributed by atoms with E-state index in [4.69, 9.17) is 0 Å². The van der Waals surface area contributed by atoms with E-state index in [1.807, 2.05) is 0 Å². The van der Waals surface area contributed by atoms with E-state index >= 15 is 0 Å². The highest BCUT2D eigenvalue weighted by atomic mass is 19.3. The minimum atomic E-state index is -4.18. The third-order valence-electron chi connectivity index (χ3n) is 2.01. The summed E-state index contributed by atoms with van der Waals surface area (Å²) in [6.45, 7) is -0.0507. The summed E-state index contributed by atoms with van der Waals surface area (Å²) in [6.07, 6.45) is -3.76. The van der Waals surface area contributed by atoms with E-state index in [1.54, 1.807) is 0 Å². The molecule has 1 aromatic carbocycles. The maximum absolute atomic E-state index is 12.5. The van der Waals surface area contributed by atoms with Crippen LogP contribution in [0.3, 0.4) is 0 Å². The summed E-state index contributed by atoms with van der Waals surface area (Å²) in [5.74, 6) is -4.36. The fraction of sp³-hybridized carbons (Fsp3) is 0.364. The zero-order valence-corrected chi connectivity index (χ0v) is 8.92. The molecule has 0 aliphatic rings. The molecule has 0 heterocycles. The molecule has 6 heteroatoms. The molecule has 0 unspecified atom stereocenters. The molecule has 0 aliphatic heterocycles. The summed E-state index contributed by atoms with van der Waals surface area (Å²) in [6, 6.07) is 5.30. The third kappa shape index (κ3) is 3.72. The Labute approximate surface area is 95.2 Å². The molecule has 0 aromatic heterocycles. The number of ether oxygens (including phenoxy) is 1. The average molecular weight is 250 g/mol. The SMILES string of the molecule is CC(=O)c1ccc(OCC(F)(F)C(F)F)cc1. The second-order valence-electron chi connectivity index (χ2n) is 3.43. The van der Waals surface area contributed by atoms with Gasteiger partial charge in [-0.05, 0) is 31.2 Å². The number of rotatable bonds is 5. The van der Waals surface area contributed by atoms with Crippen molar-refractivity contribution in [2.24, 2.45) is 0 Å². The molecule has 2 nitrogen and oxygen atoms in total. The Bertz CT molecular complexity index is 387. The van der Waals surface area contributed by atoms with Gasteiger partial charge in [0.25, 0.3) is 0 Å². The topological polar surface area (TPSA) is 26.3 Å². The van der Waals surface area contributed by atoms with E-state index in [9.17, 15) is 22.4 Å². The van der Waals surface area contributed by atoms with Gasteiger partial charge in [-0.1, -0.05) is 0 Å². The lowest BCUT2D eigenvalue weighted by atomic mass is 10.1. The second kappa shape index (κ2) is 5.16. The molecule has 0 fully saturated rings. The molecule has 0 saturated carbocycles. The Morgan fingerprint density at radius 1 is 1.29 bits per heavy atom. The van der Waals surface area contributed by atoms with Gasteiger partial charge in [-0.2, -0.15) is 8.78 Å². The van der Waals surface area contributed by atoms with Crippen LogP contribution in [-0.4, -0.2) is 24.7 Å². The highest BCUT2D eigenvalue weighted by Gasteiger charge is 2.41. The minimum absolute atomic E-state index is 0.00956. The van der Waals surface area contributed by atoms with Crippen molar-refractivity contribution in [1.82, 2.24) is 0 Å². The van der Waals surface area contributed by atoms with Crippen LogP contribution in [0, 0.1) is 0 Å². The number of Topliss-reactive ketones (excluding diaryl/α,β-unsaturated/α-hetero) is 1. The van der Waals surface area contributed by atoms with Crippen LogP contribution in [0.5, 0.6) is 5.75 Å². The van der Waals surface area contributed by atoms with Crippen molar-refractivity contribution >= 4 is 5.78 Å². The highest BCUT2D eigenvalue weighted by Crippen LogP contribution is 2.24.